The minimum atomic E-state index is -2.53. The van der Waals surface area contributed by atoms with Gasteiger partial charge in [-0.1, -0.05) is 18.2 Å². The Morgan fingerprint density at radius 2 is 1.07 bits per heavy atom. The Balaban J connectivity index is 0.000000277. The van der Waals surface area contributed by atoms with Crippen LogP contribution in [-0.2, 0) is 22.2 Å². The standard InChI is InChI=1S/C8H6O6S.C7H6O4S/c9-7(10)4-2-1-3-5(15(13)14)6(4)8(11)12;8-7(9)5-3-1-2-4-6(5)12(10)11/h1-3H,(H,9,10)(H,11,12)(H,13,14);1-4H,(H,8,9)(H,10,11). The van der Waals surface area contributed by atoms with E-state index in [1.807, 2.05) is 0 Å². The van der Waals surface area contributed by atoms with Gasteiger partial charge in [-0.05, 0) is 24.3 Å². The molecule has 0 aliphatic heterocycles. The maximum absolute atomic E-state index is 10.8. The number of hydrogen-bond acceptors (Lipinski definition) is 5. The first-order chi connectivity index (χ1) is 12.6. The van der Waals surface area contributed by atoms with Crippen LogP contribution in [0.2, 0.25) is 0 Å². The van der Waals surface area contributed by atoms with Crippen molar-refractivity contribution in [2.24, 2.45) is 0 Å². The molecule has 2 atom stereocenters. The van der Waals surface area contributed by atoms with E-state index >= 15 is 0 Å². The molecule has 0 fully saturated rings. The van der Waals surface area contributed by atoms with Gasteiger partial charge in [-0.2, -0.15) is 0 Å². The molecule has 0 aliphatic rings. The van der Waals surface area contributed by atoms with Gasteiger partial charge in [-0.3, -0.25) is 0 Å². The molecule has 0 radical (unpaired) electrons. The monoisotopic (exact) mass is 416 g/mol. The number of benzene rings is 2. The molecule has 0 amide bonds. The molecule has 0 heterocycles. The van der Waals surface area contributed by atoms with Gasteiger partial charge in [0.1, 0.15) is 0 Å². The molecule has 0 saturated carbocycles. The SMILES string of the molecule is O=C(O)c1cccc(S(=O)O)c1C(=O)O.O=C(O)c1ccccc1S(=O)O. The summed E-state index contributed by atoms with van der Waals surface area (Å²) < 4.78 is 38.8. The Morgan fingerprint density at radius 3 is 1.48 bits per heavy atom. The quantitative estimate of drug-likeness (QED) is 0.448. The lowest BCUT2D eigenvalue weighted by Crippen LogP contribution is -2.11. The normalized spacial score (nSPS) is 12.2. The average Bonchev–Trinajstić information content (AvgIpc) is 2.61. The summed E-state index contributed by atoms with van der Waals surface area (Å²) in [5.74, 6) is -4.21. The molecule has 27 heavy (non-hydrogen) atoms. The molecule has 12 heteroatoms. The molecular weight excluding hydrogens is 404 g/mol. The highest BCUT2D eigenvalue weighted by Gasteiger charge is 2.22. The lowest BCUT2D eigenvalue weighted by Gasteiger charge is -2.04. The Morgan fingerprint density at radius 1 is 0.630 bits per heavy atom. The Hall–Kier alpha value is -2.93. The predicted octanol–water partition coefficient (Wildman–Crippen LogP) is 1.63. The van der Waals surface area contributed by atoms with Crippen LogP contribution in [0, 0.1) is 0 Å². The largest absolute Gasteiger partial charge is 0.478 e. The molecular formula is C15H12O10S2. The number of hydrogen-bond donors (Lipinski definition) is 5. The topological polar surface area (TPSA) is 186 Å². The Kier molecular flexibility index (Phi) is 7.93. The first kappa shape index (κ1) is 22.1. The fourth-order valence-corrected chi connectivity index (χ4v) is 2.98. The Bertz CT molecular complexity index is 873. The van der Waals surface area contributed by atoms with E-state index in [0.29, 0.717) is 0 Å². The molecule has 0 spiro atoms. The highest BCUT2D eigenvalue weighted by atomic mass is 32.2. The minimum absolute atomic E-state index is 0.0787. The lowest BCUT2D eigenvalue weighted by molar-refractivity contribution is 0.0648. The van der Waals surface area contributed by atoms with Crippen LogP contribution in [0.5, 0.6) is 0 Å². The van der Waals surface area contributed by atoms with E-state index in [1.54, 1.807) is 0 Å². The second-order valence-electron chi connectivity index (χ2n) is 4.59. The smallest absolute Gasteiger partial charge is 0.337 e. The van der Waals surface area contributed by atoms with Gasteiger partial charge in [-0.25, -0.2) is 22.8 Å². The molecule has 2 aromatic carbocycles. The molecule has 0 saturated heterocycles. The van der Waals surface area contributed by atoms with E-state index in [-0.39, 0.29) is 10.5 Å². The molecule has 5 N–H and O–H groups in total. The van der Waals surface area contributed by atoms with E-state index in [2.05, 4.69) is 0 Å². The summed E-state index contributed by atoms with van der Waals surface area (Å²) in [6.45, 7) is 0. The van der Waals surface area contributed by atoms with Gasteiger partial charge >= 0.3 is 17.9 Å². The summed E-state index contributed by atoms with van der Waals surface area (Å²) in [7, 11) is 0. The fraction of sp³-hybridized carbons (Fsp3) is 0. The maximum atomic E-state index is 10.8. The molecule has 2 unspecified atom stereocenters. The zero-order chi connectivity index (χ0) is 20.7. The second-order valence-corrected chi connectivity index (χ2v) is 6.46. The molecule has 144 valence electrons. The molecule has 0 aromatic heterocycles. The summed E-state index contributed by atoms with van der Waals surface area (Å²) in [6.07, 6.45) is 0. The Labute approximate surface area is 156 Å². The summed E-state index contributed by atoms with van der Waals surface area (Å²) in [5.41, 5.74) is -1.31. The fourth-order valence-electron chi connectivity index (χ4n) is 1.87. The van der Waals surface area contributed by atoms with Crippen LogP contribution in [0.15, 0.2) is 52.3 Å². The number of aromatic carboxylic acids is 3. The molecule has 10 nitrogen and oxygen atoms in total. The summed E-state index contributed by atoms with van der Waals surface area (Å²) in [4.78, 5) is 31.4. The van der Waals surface area contributed by atoms with Crippen molar-refractivity contribution >= 4 is 40.1 Å². The summed E-state index contributed by atoms with van der Waals surface area (Å²) >= 11 is -4.77. The summed E-state index contributed by atoms with van der Waals surface area (Å²) in [6, 6.07) is 8.95. The third kappa shape index (κ3) is 5.79. The van der Waals surface area contributed by atoms with Crippen molar-refractivity contribution in [3.63, 3.8) is 0 Å². The van der Waals surface area contributed by atoms with Crippen LogP contribution < -0.4 is 0 Å². The van der Waals surface area contributed by atoms with Crippen LogP contribution in [0.4, 0.5) is 0 Å². The van der Waals surface area contributed by atoms with Crippen molar-refractivity contribution in [3.8, 4) is 0 Å². The number of carboxylic acids is 3. The molecule has 0 aliphatic carbocycles. The second kappa shape index (κ2) is 9.68. The minimum Gasteiger partial charge on any atom is -0.478 e. The summed E-state index contributed by atoms with van der Waals surface area (Å²) in [5, 5.41) is 26.0. The third-order valence-electron chi connectivity index (χ3n) is 2.96. The van der Waals surface area contributed by atoms with Gasteiger partial charge in [0.25, 0.3) is 0 Å². The van der Waals surface area contributed by atoms with Crippen LogP contribution in [-0.4, -0.2) is 50.8 Å². The number of rotatable bonds is 5. The first-order valence-electron chi connectivity index (χ1n) is 6.71. The highest BCUT2D eigenvalue weighted by Crippen LogP contribution is 2.18. The van der Waals surface area contributed by atoms with Crippen LogP contribution in [0.1, 0.15) is 31.1 Å². The van der Waals surface area contributed by atoms with Crippen molar-refractivity contribution in [1.29, 1.82) is 0 Å². The van der Waals surface area contributed by atoms with Crippen molar-refractivity contribution < 1.29 is 47.2 Å². The maximum Gasteiger partial charge on any atom is 0.337 e. The van der Waals surface area contributed by atoms with Crippen molar-refractivity contribution in [1.82, 2.24) is 0 Å². The van der Waals surface area contributed by atoms with Gasteiger partial charge in [0.2, 0.25) is 0 Å². The lowest BCUT2D eigenvalue weighted by atomic mass is 10.1. The van der Waals surface area contributed by atoms with Gasteiger partial charge in [0.15, 0.2) is 22.2 Å². The third-order valence-corrected chi connectivity index (χ3v) is 4.41. The van der Waals surface area contributed by atoms with E-state index in [0.717, 1.165) is 12.1 Å². The molecule has 0 bridgehead atoms. The van der Waals surface area contributed by atoms with Crippen molar-refractivity contribution in [2.75, 3.05) is 0 Å². The predicted molar refractivity (Wildman–Crippen MR) is 91.8 cm³/mol. The van der Waals surface area contributed by atoms with Gasteiger partial charge < -0.3 is 24.4 Å². The van der Waals surface area contributed by atoms with Crippen LogP contribution in [0.25, 0.3) is 0 Å². The van der Waals surface area contributed by atoms with Crippen molar-refractivity contribution in [3.05, 3.63) is 59.2 Å². The average molecular weight is 416 g/mol. The van der Waals surface area contributed by atoms with Gasteiger partial charge in [0.05, 0.1) is 26.5 Å². The van der Waals surface area contributed by atoms with Gasteiger partial charge in [0, 0.05) is 0 Å². The van der Waals surface area contributed by atoms with E-state index in [9.17, 15) is 22.8 Å². The van der Waals surface area contributed by atoms with E-state index < -0.39 is 56.1 Å². The van der Waals surface area contributed by atoms with E-state index in [1.165, 1.54) is 30.3 Å². The zero-order valence-electron chi connectivity index (χ0n) is 13.1. The first-order valence-corrected chi connectivity index (χ1v) is 8.92. The van der Waals surface area contributed by atoms with E-state index in [4.69, 9.17) is 24.4 Å². The zero-order valence-corrected chi connectivity index (χ0v) is 14.8. The van der Waals surface area contributed by atoms with Crippen LogP contribution >= 0.6 is 0 Å². The van der Waals surface area contributed by atoms with Crippen molar-refractivity contribution in [2.45, 2.75) is 9.79 Å². The number of carbonyl (C=O) groups is 3. The van der Waals surface area contributed by atoms with Crippen LogP contribution in [0.3, 0.4) is 0 Å². The highest BCUT2D eigenvalue weighted by molar-refractivity contribution is 7.79. The molecule has 2 rings (SSSR count). The van der Waals surface area contributed by atoms with Gasteiger partial charge in [-0.15, -0.1) is 0 Å². The number of carboxylic acid groups (broad SMARTS) is 3. The molecule has 2 aromatic rings.